The van der Waals surface area contributed by atoms with Gasteiger partial charge in [-0.3, -0.25) is 0 Å². The summed E-state index contributed by atoms with van der Waals surface area (Å²) < 4.78 is 6.47. The fraction of sp³-hybridized carbons (Fsp3) is 0.219. The minimum absolute atomic E-state index is 0.0283. The maximum Gasteiger partial charge on any atom is 0.227 e. The van der Waals surface area contributed by atoms with E-state index in [4.69, 9.17) is 4.42 Å². The van der Waals surface area contributed by atoms with Crippen LogP contribution in [0.4, 0.5) is 11.4 Å². The molecule has 4 nitrogen and oxygen atoms in total. The largest absolute Gasteiger partial charge is 0.435 e. The quantitative estimate of drug-likeness (QED) is 0.263. The Morgan fingerprint density at radius 1 is 0.750 bits per heavy atom. The molecule has 0 amide bonds. The highest BCUT2D eigenvalue weighted by Gasteiger charge is 2.46. The van der Waals surface area contributed by atoms with Gasteiger partial charge in [-0.25, -0.2) is 4.98 Å². The van der Waals surface area contributed by atoms with E-state index in [1.165, 1.54) is 28.2 Å². The van der Waals surface area contributed by atoms with Crippen LogP contribution in [-0.4, -0.2) is 11.1 Å². The molecule has 0 saturated heterocycles. The zero-order chi connectivity index (χ0) is 25.0. The first-order valence-corrected chi connectivity index (χ1v) is 12.5. The van der Waals surface area contributed by atoms with Crippen LogP contribution in [0.15, 0.2) is 101 Å². The number of rotatable bonds is 3. The third-order valence-electron chi connectivity index (χ3n) is 7.12. The first kappa shape index (κ1) is 22.4. The first-order valence-electron chi connectivity index (χ1n) is 12.5. The Hall–Kier alpha value is -4.05. The van der Waals surface area contributed by atoms with Crippen LogP contribution in [0.5, 0.6) is 0 Å². The summed E-state index contributed by atoms with van der Waals surface area (Å²) in [5.41, 5.74) is 8.55. The number of allylic oxidation sites excluding steroid dienone is 1. The molecule has 0 aliphatic carbocycles. The lowest BCUT2D eigenvalue weighted by molar-refractivity contribution is 0.326. The van der Waals surface area contributed by atoms with Crippen LogP contribution in [-0.2, 0) is 0 Å². The predicted molar refractivity (Wildman–Crippen MR) is 150 cm³/mol. The molecule has 6 rings (SSSR count). The van der Waals surface area contributed by atoms with Crippen molar-refractivity contribution in [1.82, 2.24) is 4.98 Å². The van der Waals surface area contributed by atoms with Gasteiger partial charge in [0.05, 0.1) is 11.4 Å². The molecule has 0 radical (unpaired) electrons. The summed E-state index contributed by atoms with van der Waals surface area (Å²) in [7, 11) is 0. The molecule has 2 aromatic heterocycles. The smallest absolute Gasteiger partial charge is 0.227 e. The third kappa shape index (κ3) is 3.40. The van der Waals surface area contributed by atoms with Crippen molar-refractivity contribution in [3.63, 3.8) is 0 Å². The van der Waals surface area contributed by atoms with Crippen molar-refractivity contribution in [2.75, 3.05) is 9.80 Å². The van der Waals surface area contributed by atoms with Crippen molar-refractivity contribution in [2.45, 2.75) is 40.8 Å². The minimum atomic E-state index is -0.0908. The second-order valence-electron chi connectivity index (χ2n) is 10.7. The number of aryl methyl sites for hydroxylation is 1. The van der Waals surface area contributed by atoms with E-state index in [1.54, 1.807) is 6.20 Å². The number of benzene rings is 3. The first-order chi connectivity index (χ1) is 17.4. The Kier molecular flexibility index (Phi) is 5.15. The van der Waals surface area contributed by atoms with Gasteiger partial charge in [-0.15, -0.1) is 0 Å². The van der Waals surface area contributed by atoms with Crippen molar-refractivity contribution in [2.24, 2.45) is 5.41 Å². The second kappa shape index (κ2) is 8.27. The lowest BCUT2D eigenvalue weighted by atomic mass is 9.89. The fourth-order valence-corrected chi connectivity index (χ4v) is 5.64. The monoisotopic (exact) mass is 473 g/mol. The highest BCUT2D eigenvalue weighted by Crippen LogP contribution is 2.50. The number of anilines is 2. The molecule has 3 heterocycles. The molecular weight excluding hydrogens is 442 g/mol. The summed E-state index contributed by atoms with van der Waals surface area (Å²) >= 11 is 0. The molecule has 1 aliphatic rings. The van der Waals surface area contributed by atoms with Gasteiger partial charge >= 0.3 is 0 Å². The highest BCUT2D eigenvalue weighted by atomic mass is 16.3. The number of pyridine rings is 1. The van der Waals surface area contributed by atoms with Crippen molar-refractivity contribution in [1.29, 1.82) is 0 Å². The molecule has 0 bridgehead atoms. The Bertz CT molecular complexity index is 1590. The Balaban J connectivity index is 1.69. The van der Waals surface area contributed by atoms with Gasteiger partial charge in [0.1, 0.15) is 6.17 Å². The van der Waals surface area contributed by atoms with Crippen LogP contribution in [0.1, 0.15) is 38.8 Å². The number of aromatic nitrogens is 1. The average molecular weight is 474 g/mol. The maximum atomic E-state index is 6.47. The zero-order valence-corrected chi connectivity index (χ0v) is 21.5. The summed E-state index contributed by atoms with van der Waals surface area (Å²) in [4.78, 5) is 9.52. The average Bonchev–Trinajstić information content (AvgIpc) is 3.40. The molecular formula is C32H31N3O. The van der Waals surface area contributed by atoms with Crippen molar-refractivity contribution >= 4 is 39.1 Å². The molecule has 180 valence electrons. The van der Waals surface area contributed by atoms with E-state index in [-0.39, 0.29) is 11.6 Å². The normalized spacial score (nSPS) is 16.5. The van der Waals surface area contributed by atoms with Crippen LogP contribution in [0, 0.1) is 12.3 Å². The summed E-state index contributed by atoms with van der Waals surface area (Å²) in [6, 6.07) is 29.9. The van der Waals surface area contributed by atoms with Crippen LogP contribution >= 0.6 is 0 Å². The highest BCUT2D eigenvalue weighted by molar-refractivity contribution is 6.09. The molecule has 1 aliphatic heterocycles. The van der Waals surface area contributed by atoms with Gasteiger partial charge in [0.25, 0.3) is 0 Å². The van der Waals surface area contributed by atoms with E-state index in [9.17, 15) is 0 Å². The van der Waals surface area contributed by atoms with Crippen molar-refractivity contribution in [3.8, 4) is 0 Å². The van der Waals surface area contributed by atoms with Gasteiger partial charge in [-0.2, -0.15) is 0 Å². The van der Waals surface area contributed by atoms with Gasteiger partial charge in [-0.05, 0) is 49.2 Å². The Morgan fingerprint density at radius 2 is 1.44 bits per heavy atom. The van der Waals surface area contributed by atoms with E-state index in [2.05, 4.69) is 128 Å². The van der Waals surface area contributed by atoms with E-state index in [0.717, 1.165) is 22.0 Å². The van der Waals surface area contributed by atoms with E-state index in [1.807, 2.05) is 6.07 Å². The van der Waals surface area contributed by atoms with Gasteiger partial charge < -0.3 is 14.2 Å². The SMILES string of the molecule is CC1=C(c2ccccc2)N(c2ccccc2)C(C(C)(C)C)N1c1c(C)ccc2c1oc1ncccc12. The number of hydrogen-bond acceptors (Lipinski definition) is 4. The van der Waals surface area contributed by atoms with E-state index >= 15 is 0 Å². The molecule has 5 aromatic rings. The van der Waals surface area contributed by atoms with Crippen LogP contribution in [0.2, 0.25) is 0 Å². The van der Waals surface area contributed by atoms with Crippen LogP contribution in [0.3, 0.4) is 0 Å². The molecule has 0 saturated carbocycles. The Morgan fingerprint density at radius 3 is 2.14 bits per heavy atom. The summed E-state index contributed by atoms with van der Waals surface area (Å²) in [5.74, 6) is 0. The summed E-state index contributed by atoms with van der Waals surface area (Å²) in [6.07, 6.45) is 1.82. The van der Waals surface area contributed by atoms with Crippen LogP contribution in [0.25, 0.3) is 27.8 Å². The molecule has 4 heteroatoms. The maximum absolute atomic E-state index is 6.47. The molecule has 0 N–H and O–H groups in total. The molecule has 0 fully saturated rings. The molecule has 0 spiro atoms. The van der Waals surface area contributed by atoms with Gasteiger partial charge in [0, 0.05) is 33.8 Å². The van der Waals surface area contributed by atoms with Gasteiger partial charge in [0.2, 0.25) is 5.71 Å². The number of furan rings is 1. The second-order valence-corrected chi connectivity index (χ2v) is 10.7. The lowest BCUT2D eigenvalue weighted by Crippen LogP contribution is -2.49. The van der Waals surface area contributed by atoms with Gasteiger partial charge in [0.15, 0.2) is 5.58 Å². The minimum Gasteiger partial charge on any atom is -0.435 e. The number of para-hydroxylation sites is 1. The third-order valence-corrected chi connectivity index (χ3v) is 7.12. The fourth-order valence-electron chi connectivity index (χ4n) is 5.64. The van der Waals surface area contributed by atoms with Crippen molar-refractivity contribution in [3.05, 3.63) is 108 Å². The lowest BCUT2D eigenvalue weighted by Gasteiger charge is -2.43. The topological polar surface area (TPSA) is 32.5 Å². The molecule has 1 unspecified atom stereocenters. The predicted octanol–water partition coefficient (Wildman–Crippen LogP) is 8.38. The molecule has 1 atom stereocenters. The number of nitrogens with zero attached hydrogens (tertiary/aromatic N) is 3. The van der Waals surface area contributed by atoms with E-state index < -0.39 is 0 Å². The summed E-state index contributed by atoms with van der Waals surface area (Å²) in [5, 5.41) is 2.14. The summed E-state index contributed by atoms with van der Waals surface area (Å²) in [6.45, 7) is 11.4. The zero-order valence-electron chi connectivity index (χ0n) is 21.5. The Labute approximate surface area is 212 Å². The van der Waals surface area contributed by atoms with Crippen molar-refractivity contribution < 1.29 is 4.42 Å². The van der Waals surface area contributed by atoms with E-state index in [0.29, 0.717) is 5.71 Å². The molecule has 3 aromatic carbocycles. The molecule has 36 heavy (non-hydrogen) atoms. The number of fused-ring (bicyclic) bond motifs is 3. The van der Waals surface area contributed by atoms with Crippen LogP contribution < -0.4 is 9.80 Å². The number of hydrogen-bond donors (Lipinski definition) is 0. The van der Waals surface area contributed by atoms with Gasteiger partial charge in [-0.1, -0.05) is 81.4 Å². The standard InChI is InChI=1S/C32H31N3O/c1-21-18-19-25-26-17-12-20-33-30(26)36-29(25)27(21)34-22(2)28(23-13-8-6-9-14-23)35(31(34)32(3,4)5)24-15-10-7-11-16-24/h6-20,31H,1-5H3.